The lowest BCUT2D eigenvalue weighted by atomic mass is 10.1. The Morgan fingerprint density at radius 1 is 0.950 bits per heavy atom. The minimum absolute atomic E-state index is 0.240. The van der Waals surface area contributed by atoms with Crippen molar-refractivity contribution in [2.45, 2.75) is 0 Å². The van der Waals surface area contributed by atoms with Gasteiger partial charge in [-0.25, -0.2) is 0 Å². The molecule has 3 N–H and O–H groups in total. The highest BCUT2D eigenvalue weighted by Gasteiger charge is 2.11. The number of carboxylic acids is 1. The van der Waals surface area contributed by atoms with E-state index in [4.69, 9.17) is 5.11 Å². The molecule has 5 heteroatoms. The van der Waals surface area contributed by atoms with Gasteiger partial charge in [0.05, 0.1) is 5.56 Å². The lowest BCUT2D eigenvalue weighted by molar-refractivity contribution is -0.134. The quantitative estimate of drug-likeness (QED) is 0.779. The summed E-state index contributed by atoms with van der Waals surface area (Å²) < 4.78 is 0. The summed E-state index contributed by atoms with van der Waals surface area (Å²) in [6.07, 6.45) is 0. The normalized spacial score (nSPS) is 9.80. The highest BCUT2D eigenvalue weighted by molar-refractivity contribution is 6.08. The monoisotopic (exact) mass is 270 g/mol. The van der Waals surface area contributed by atoms with Crippen LogP contribution in [-0.2, 0) is 4.79 Å². The number of hydrogen-bond acceptors (Lipinski definition) is 3. The molecule has 2 aromatic rings. The van der Waals surface area contributed by atoms with Gasteiger partial charge in [-0.15, -0.1) is 0 Å². The molecule has 0 spiro atoms. The van der Waals surface area contributed by atoms with Crippen LogP contribution in [0.2, 0.25) is 0 Å². The molecule has 0 saturated carbocycles. The van der Waals surface area contributed by atoms with Crippen LogP contribution in [0.5, 0.6) is 0 Å². The van der Waals surface area contributed by atoms with E-state index in [2.05, 4.69) is 10.6 Å². The number of benzene rings is 2. The van der Waals surface area contributed by atoms with Crippen molar-refractivity contribution in [1.82, 2.24) is 0 Å². The number of rotatable bonds is 5. The summed E-state index contributed by atoms with van der Waals surface area (Å²) in [7, 11) is 0. The Morgan fingerprint density at radius 3 is 2.30 bits per heavy atom. The Balaban J connectivity index is 2.15. The van der Waals surface area contributed by atoms with E-state index in [1.165, 1.54) is 0 Å². The van der Waals surface area contributed by atoms with E-state index in [0.717, 1.165) is 0 Å². The van der Waals surface area contributed by atoms with E-state index in [1.807, 2.05) is 18.2 Å². The second-order valence-electron chi connectivity index (χ2n) is 4.11. The van der Waals surface area contributed by atoms with E-state index >= 15 is 0 Å². The van der Waals surface area contributed by atoms with Crippen LogP contribution in [0.1, 0.15) is 10.4 Å². The van der Waals surface area contributed by atoms with Gasteiger partial charge in [0.2, 0.25) is 0 Å². The number of carbonyl (C=O) groups is 2. The van der Waals surface area contributed by atoms with Crippen LogP contribution in [0.3, 0.4) is 0 Å². The van der Waals surface area contributed by atoms with Crippen molar-refractivity contribution in [1.29, 1.82) is 0 Å². The number of para-hydroxylation sites is 2. The van der Waals surface area contributed by atoms with E-state index in [0.29, 0.717) is 16.9 Å². The number of anilines is 2. The molecule has 0 atom stereocenters. The predicted molar refractivity (Wildman–Crippen MR) is 77.0 cm³/mol. The van der Waals surface area contributed by atoms with Gasteiger partial charge in [0.15, 0.2) is 0 Å². The fourth-order valence-electron chi connectivity index (χ4n) is 1.73. The van der Waals surface area contributed by atoms with Crippen LogP contribution >= 0.6 is 0 Å². The van der Waals surface area contributed by atoms with Crippen LogP contribution in [-0.4, -0.2) is 23.5 Å². The lowest BCUT2D eigenvalue weighted by Crippen LogP contribution is -2.18. The number of carboxylic acid groups (broad SMARTS) is 1. The molecule has 0 fully saturated rings. The van der Waals surface area contributed by atoms with Crippen LogP contribution in [0, 0.1) is 0 Å². The van der Waals surface area contributed by atoms with E-state index in [1.54, 1.807) is 36.4 Å². The molecule has 0 heterocycles. The number of aliphatic carboxylic acids is 1. The Hall–Kier alpha value is -2.82. The van der Waals surface area contributed by atoms with Gasteiger partial charge in [0.1, 0.15) is 6.54 Å². The molecule has 2 rings (SSSR count). The van der Waals surface area contributed by atoms with Gasteiger partial charge in [-0.3, -0.25) is 9.59 Å². The zero-order valence-electron chi connectivity index (χ0n) is 10.7. The predicted octanol–water partition coefficient (Wildman–Crippen LogP) is 2.44. The first-order chi connectivity index (χ1) is 9.66. The SMILES string of the molecule is O=C(O)CNc1ccccc1C(=O)Nc1ccccc1. The second-order valence-corrected chi connectivity index (χ2v) is 4.11. The van der Waals surface area contributed by atoms with Crippen molar-refractivity contribution in [2.24, 2.45) is 0 Å². The molecule has 1 amide bonds. The molecular formula is C15H14N2O3. The van der Waals surface area contributed by atoms with E-state index in [9.17, 15) is 9.59 Å². The summed E-state index contributed by atoms with van der Waals surface area (Å²) in [4.78, 5) is 22.8. The third kappa shape index (κ3) is 3.58. The molecule has 20 heavy (non-hydrogen) atoms. The molecule has 0 unspecified atom stereocenters. The Morgan fingerprint density at radius 2 is 1.60 bits per heavy atom. The third-order valence-corrected chi connectivity index (χ3v) is 2.63. The first kappa shape index (κ1) is 13.6. The molecule has 0 aromatic heterocycles. The number of nitrogens with one attached hydrogen (secondary N) is 2. The number of hydrogen-bond donors (Lipinski definition) is 3. The van der Waals surface area contributed by atoms with E-state index in [-0.39, 0.29) is 12.5 Å². The number of amides is 1. The van der Waals surface area contributed by atoms with Gasteiger partial charge in [-0.1, -0.05) is 30.3 Å². The largest absolute Gasteiger partial charge is 0.480 e. The molecule has 102 valence electrons. The maximum absolute atomic E-state index is 12.2. The van der Waals surface area contributed by atoms with Gasteiger partial charge in [-0.2, -0.15) is 0 Å². The second kappa shape index (κ2) is 6.38. The fourth-order valence-corrected chi connectivity index (χ4v) is 1.73. The van der Waals surface area contributed by atoms with Crippen LogP contribution < -0.4 is 10.6 Å². The average Bonchev–Trinajstić information content (AvgIpc) is 2.46. The molecule has 0 aliphatic carbocycles. The maximum atomic E-state index is 12.2. The summed E-state index contributed by atoms with van der Waals surface area (Å²) in [5, 5.41) is 14.2. The molecule has 2 aromatic carbocycles. The fraction of sp³-hybridized carbons (Fsp3) is 0.0667. The van der Waals surface area contributed by atoms with Crippen LogP contribution in [0.4, 0.5) is 11.4 Å². The summed E-state index contributed by atoms with van der Waals surface area (Å²) in [5.74, 6) is -1.27. The van der Waals surface area contributed by atoms with Crippen molar-refractivity contribution >= 4 is 23.3 Å². The summed E-state index contributed by atoms with van der Waals surface area (Å²) in [6, 6.07) is 15.9. The molecule has 0 saturated heterocycles. The first-order valence-corrected chi connectivity index (χ1v) is 6.08. The van der Waals surface area contributed by atoms with Crippen molar-refractivity contribution < 1.29 is 14.7 Å². The lowest BCUT2D eigenvalue weighted by Gasteiger charge is -2.10. The molecule has 0 radical (unpaired) electrons. The van der Waals surface area contributed by atoms with Crippen molar-refractivity contribution in [3.05, 3.63) is 60.2 Å². The van der Waals surface area contributed by atoms with Gasteiger partial charge in [0.25, 0.3) is 5.91 Å². The standard InChI is InChI=1S/C15H14N2O3/c18-14(19)10-16-13-9-5-4-8-12(13)15(20)17-11-6-2-1-3-7-11/h1-9,16H,10H2,(H,17,20)(H,18,19). The highest BCUT2D eigenvalue weighted by atomic mass is 16.4. The molecular weight excluding hydrogens is 256 g/mol. The smallest absolute Gasteiger partial charge is 0.322 e. The molecule has 0 aliphatic heterocycles. The minimum atomic E-state index is -0.983. The Bertz CT molecular complexity index is 612. The van der Waals surface area contributed by atoms with Gasteiger partial charge in [-0.05, 0) is 24.3 Å². The van der Waals surface area contributed by atoms with Crippen LogP contribution in [0.25, 0.3) is 0 Å². The maximum Gasteiger partial charge on any atom is 0.322 e. The van der Waals surface area contributed by atoms with Crippen molar-refractivity contribution in [3.8, 4) is 0 Å². The third-order valence-electron chi connectivity index (χ3n) is 2.63. The summed E-state index contributed by atoms with van der Waals surface area (Å²) in [6.45, 7) is -0.240. The van der Waals surface area contributed by atoms with E-state index < -0.39 is 5.97 Å². The topological polar surface area (TPSA) is 78.4 Å². The molecule has 0 aliphatic rings. The van der Waals surface area contributed by atoms with Crippen molar-refractivity contribution in [2.75, 3.05) is 17.2 Å². The summed E-state index contributed by atoms with van der Waals surface area (Å²) >= 11 is 0. The zero-order chi connectivity index (χ0) is 14.4. The first-order valence-electron chi connectivity index (χ1n) is 6.08. The van der Waals surface area contributed by atoms with Gasteiger partial charge in [0, 0.05) is 11.4 Å². The summed E-state index contributed by atoms with van der Waals surface area (Å²) in [5.41, 5.74) is 1.58. The highest BCUT2D eigenvalue weighted by Crippen LogP contribution is 2.17. The van der Waals surface area contributed by atoms with Gasteiger partial charge < -0.3 is 15.7 Å². The molecule has 0 bridgehead atoms. The minimum Gasteiger partial charge on any atom is -0.480 e. The van der Waals surface area contributed by atoms with Crippen LogP contribution in [0.15, 0.2) is 54.6 Å². The Labute approximate surface area is 116 Å². The zero-order valence-corrected chi connectivity index (χ0v) is 10.7. The van der Waals surface area contributed by atoms with Gasteiger partial charge >= 0.3 is 5.97 Å². The number of carbonyl (C=O) groups excluding carboxylic acids is 1. The molecule has 5 nitrogen and oxygen atoms in total. The Kier molecular flexibility index (Phi) is 4.34. The van der Waals surface area contributed by atoms with Crippen molar-refractivity contribution in [3.63, 3.8) is 0 Å². The average molecular weight is 270 g/mol.